The maximum absolute atomic E-state index is 13.5. The Morgan fingerprint density at radius 1 is 1.37 bits per heavy atom. The summed E-state index contributed by atoms with van der Waals surface area (Å²) < 4.78 is 18.5. The van der Waals surface area contributed by atoms with Gasteiger partial charge in [-0.15, -0.1) is 0 Å². The summed E-state index contributed by atoms with van der Waals surface area (Å²) in [5, 5.41) is 3.48. The van der Waals surface area contributed by atoms with Gasteiger partial charge in [-0.1, -0.05) is 26.2 Å². The molecular formula is C15H23FN2O. The second-order valence-corrected chi connectivity index (χ2v) is 5.28. The van der Waals surface area contributed by atoms with Crippen LogP contribution in [-0.2, 0) is 0 Å². The van der Waals surface area contributed by atoms with Gasteiger partial charge >= 0.3 is 0 Å². The molecule has 1 aliphatic rings. The van der Waals surface area contributed by atoms with Gasteiger partial charge in [0.05, 0.1) is 18.5 Å². The molecule has 0 aromatic heterocycles. The zero-order chi connectivity index (χ0) is 13.8. The number of anilines is 2. The Bertz CT molecular complexity index is 436. The number of nitrogens with one attached hydrogen (secondary N) is 1. The van der Waals surface area contributed by atoms with E-state index in [4.69, 9.17) is 10.5 Å². The van der Waals surface area contributed by atoms with E-state index in [2.05, 4.69) is 12.2 Å². The summed E-state index contributed by atoms with van der Waals surface area (Å²) in [7, 11) is 1.47. The molecule has 1 saturated carbocycles. The molecule has 0 aliphatic heterocycles. The van der Waals surface area contributed by atoms with E-state index < -0.39 is 5.82 Å². The van der Waals surface area contributed by atoms with Crippen molar-refractivity contribution in [2.75, 3.05) is 18.2 Å². The molecule has 2 unspecified atom stereocenters. The van der Waals surface area contributed by atoms with Gasteiger partial charge in [0.15, 0.2) is 11.6 Å². The second-order valence-electron chi connectivity index (χ2n) is 5.28. The van der Waals surface area contributed by atoms with Crippen LogP contribution in [0.5, 0.6) is 5.75 Å². The number of benzene rings is 1. The van der Waals surface area contributed by atoms with E-state index in [0.717, 1.165) is 18.5 Å². The van der Waals surface area contributed by atoms with E-state index >= 15 is 0 Å². The maximum Gasteiger partial charge on any atom is 0.167 e. The number of ether oxygens (including phenoxy) is 1. The van der Waals surface area contributed by atoms with Crippen LogP contribution in [0.1, 0.15) is 39.0 Å². The van der Waals surface area contributed by atoms with Gasteiger partial charge in [0, 0.05) is 18.2 Å². The fraction of sp³-hybridized carbons (Fsp3) is 0.600. The predicted molar refractivity (Wildman–Crippen MR) is 77.0 cm³/mol. The molecule has 2 rings (SSSR count). The van der Waals surface area contributed by atoms with E-state index in [9.17, 15) is 4.39 Å². The average molecular weight is 266 g/mol. The highest BCUT2D eigenvalue weighted by Gasteiger charge is 2.24. The van der Waals surface area contributed by atoms with Crippen LogP contribution in [0.25, 0.3) is 0 Å². The molecule has 0 spiro atoms. The van der Waals surface area contributed by atoms with Crippen LogP contribution in [0.3, 0.4) is 0 Å². The van der Waals surface area contributed by atoms with Gasteiger partial charge in [0.1, 0.15) is 0 Å². The van der Waals surface area contributed by atoms with Crippen LogP contribution in [-0.4, -0.2) is 13.2 Å². The van der Waals surface area contributed by atoms with Crippen molar-refractivity contribution in [3.8, 4) is 5.75 Å². The summed E-state index contributed by atoms with van der Waals surface area (Å²) in [5.74, 6) is 0.492. The van der Waals surface area contributed by atoms with Crippen LogP contribution < -0.4 is 15.8 Å². The monoisotopic (exact) mass is 266 g/mol. The molecule has 0 bridgehead atoms. The number of hydrogen-bond acceptors (Lipinski definition) is 3. The van der Waals surface area contributed by atoms with Crippen molar-refractivity contribution in [3.63, 3.8) is 0 Å². The smallest absolute Gasteiger partial charge is 0.167 e. The molecule has 106 valence electrons. The SMILES string of the molecule is CCC1CCCCC1Nc1cc(OC)c(F)cc1N. The topological polar surface area (TPSA) is 47.3 Å². The van der Waals surface area contributed by atoms with Crippen molar-refractivity contribution in [2.24, 2.45) is 5.92 Å². The van der Waals surface area contributed by atoms with Gasteiger partial charge < -0.3 is 15.8 Å². The summed E-state index contributed by atoms with van der Waals surface area (Å²) in [6, 6.07) is 3.41. The van der Waals surface area contributed by atoms with Gasteiger partial charge in [-0.25, -0.2) is 4.39 Å². The first-order valence-electron chi connectivity index (χ1n) is 7.05. The highest BCUT2D eigenvalue weighted by Crippen LogP contribution is 2.33. The molecule has 1 aromatic carbocycles. The lowest BCUT2D eigenvalue weighted by atomic mass is 9.83. The number of methoxy groups -OCH3 is 1. The van der Waals surface area contributed by atoms with Gasteiger partial charge in [0.2, 0.25) is 0 Å². The molecule has 1 fully saturated rings. The molecule has 0 radical (unpaired) electrons. The van der Waals surface area contributed by atoms with Crippen LogP contribution in [0.15, 0.2) is 12.1 Å². The Morgan fingerprint density at radius 3 is 2.79 bits per heavy atom. The molecule has 3 nitrogen and oxygen atoms in total. The summed E-state index contributed by atoms with van der Waals surface area (Å²) >= 11 is 0. The Labute approximate surface area is 114 Å². The molecule has 0 saturated heterocycles. The quantitative estimate of drug-likeness (QED) is 0.815. The van der Waals surface area contributed by atoms with Crippen LogP contribution >= 0.6 is 0 Å². The minimum Gasteiger partial charge on any atom is -0.494 e. The fourth-order valence-electron chi connectivity index (χ4n) is 2.94. The second kappa shape index (κ2) is 6.13. The first-order chi connectivity index (χ1) is 9.15. The molecule has 3 N–H and O–H groups in total. The van der Waals surface area contributed by atoms with E-state index in [1.165, 1.54) is 32.4 Å². The Morgan fingerprint density at radius 2 is 2.11 bits per heavy atom. The molecule has 2 atom stereocenters. The van der Waals surface area contributed by atoms with Gasteiger partial charge in [-0.3, -0.25) is 0 Å². The first-order valence-corrected chi connectivity index (χ1v) is 7.05. The number of nitrogen functional groups attached to an aromatic ring is 1. The zero-order valence-electron chi connectivity index (χ0n) is 11.7. The molecule has 1 aliphatic carbocycles. The normalized spacial score (nSPS) is 23.1. The lowest BCUT2D eigenvalue weighted by Gasteiger charge is -2.32. The minimum absolute atomic E-state index is 0.237. The van der Waals surface area contributed by atoms with Gasteiger partial charge in [-0.2, -0.15) is 0 Å². The van der Waals surface area contributed by atoms with Crippen LogP contribution in [0.2, 0.25) is 0 Å². The first kappa shape index (κ1) is 14.0. The fourth-order valence-corrected chi connectivity index (χ4v) is 2.94. The highest BCUT2D eigenvalue weighted by molar-refractivity contribution is 5.69. The van der Waals surface area contributed by atoms with Crippen molar-refractivity contribution in [2.45, 2.75) is 45.1 Å². The predicted octanol–water partition coefficient (Wildman–Crippen LogP) is 3.80. The van der Waals surface area contributed by atoms with E-state index in [1.54, 1.807) is 6.07 Å². The average Bonchev–Trinajstić information content (AvgIpc) is 2.42. The number of hydrogen-bond donors (Lipinski definition) is 2. The number of nitrogens with two attached hydrogens (primary N) is 1. The molecule has 0 amide bonds. The number of halogens is 1. The molecule has 19 heavy (non-hydrogen) atoms. The van der Waals surface area contributed by atoms with E-state index in [0.29, 0.717) is 17.6 Å². The van der Waals surface area contributed by atoms with Crippen LogP contribution in [0.4, 0.5) is 15.8 Å². The van der Waals surface area contributed by atoms with Gasteiger partial charge in [-0.05, 0) is 18.8 Å². The summed E-state index contributed by atoms with van der Waals surface area (Å²) in [5.41, 5.74) is 7.12. The lowest BCUT2D eigenvalue weighted by molar-refractivity contribution is 0.317. The maximum atomic E-state index is 13.5. The van der Waals surface area contributed by atoms with Crippen molar-refractivity contribution in [1.29, 1.82) is 0 Å². The molecule has 1 aromatic rings. The Hall–Kier alpha value is -1.45. The highest BCUT2D eigenvalue weighted by atomic mass is 19.1. The third-order valence-electron chi connectivity index (χ3n) is 4.10. The van der Waals surface area contributed by atoms with Crippen molar-refractivity contribution in [3.05, 3.63) is 17.9 Å². The Balaban J connectivity index is 2.17. The largest absolute Gasteiger partial charge is 0.494 e. The van der Waals surface area contributed by atoms with Crippen LogP contribution in [0, 0.1) is 11.7 Å². The summed E-state index contributed by atoms with van der Waals surface area (Å²) in [6.45, 7) is 2.22. The Kier molecular flexibility index (Phi) is 4.51. The van der Waals surface area contributed by atoms with E-state index in [-0.39, 0.29) is 5.75 Å². The van der Waals surface area contributed by atoms with Gasteiger partial charge in [0.25, 0.3) is 0 Å². The molecule has 4 heteroatoms. The molecule has 0 heterocycles. The minimum atomic E-state index is -0.416. The zero-order valence-corrected chi connectivity index (χ0v) is 11.7. The lowest BCUT2D eigenvalue weighted by Crippen LogP contribution is -2.32. The van der Waals surface area contributed by atoms with E-state index in [1.807, 2.05) is 0 Å². The summed E-state index contributed by atoms with van der Waals surface area (Å²) in [4.78, 5) is 0. The van der Waals surface area contributed by atoms with Crippen molar-refractivity contribution in [1.82, 2.24) is 0 Å². The standard InChI is InChI=1S/C15H23FN2O/c1-3-10-6-4-5-7-13(10)18-14-9-15(19-2)11(16)8-12(14)17/h8-10,13,18H,3-7,17H2,1-2H3. The molecular weight excluding hydrogens is 243 g/mol. The third kappa shape index (κ3) is 3.11. The summed E-state index contributed by atoms with van der Waals surface area (Å²) in [6.07, 6.45) is 6.12. The third-order valence-corrected chi connectivity index (χ3v) is 4.10. The number of rotatable bonds is 4. The van der Waals surface area contributed by atoms with Crippen molar-refractivity contribution < 1.29 is 9.13 Å². The van der Waals surface area contributed by atoms with Crippen molar-refractivity contribution >= 4 is 11.4 Å².